The molecule has 2 fully saturated rings. The Morgan fingerprint density at radius 2 is 1.77 bits per heavy atom. The van der Waals surface area contributed by atoms with Crippen molar-refractivity contribution in [3.8, 4) is 0 Å². The van der Waals surface area contributed by atoms with Crippen molar-refractivity contribution < 1.29 is 4.74 Å². The van der Waals surface area contributed by atoms with Crippen LogP contribution in [0, 0.1) is 0 Å². The van der Waals surface area contributed by atoms with Crippen LogP contribution in [0.1, 0.15) is 38.1 Å². The Hall–Kier alpha value is -2.13. The van der Waals surface area contributed by atoms with E-state index >= 15 is 0 Å². The van der Waals surface area contributed by atoms with Gasteiger partial charge in [-0.3, -0.25) is 0 Å². The Bertz CT molecular complexity index is 971. The summed E-state index contributed by atoms with van der Waals surface area (Å²) in [7, 11) is 0. The highest BCUT2D eigenvalue weighted by Gasteiger charge is 2.24. The largest absolute Gasteiger partial charge is 0.379 e. The molecule has 10 heteroatoms. The van der Waals surface area contributed by atoms with E-state index in [1.165, 1.54) is 0 Å². The number of benzene rings is 1. The molecule has 3 aromatic rings. The number of aromatic nitrogens is 4. The molecule has 1 aromatic carbocycles. The number of para-hydroxylation sites is 1. The second-order valence-electron chi connectivity index (χ2n) is 7.98. The maximum Gasteiger partial charge on any atom is 0.227 e. The Morgan fingerprint density at radius 3 is 2.48 bits per heavy atom. The summed E-state index contributed by atoms with van der Waals surface area (Å²) in [5.41, 5.74) is 8.64. The molecule has 1 aliphatic carbocycles. The molecule has 1 aliphatic heterocycles. The van der Waals surface area contributed by atoms with Gasteiger partial charge in [0.05, 0.1) is 19.0 Å². The quantitative estimate of drug-likeness (QED) is 0.521. The normalized spacial score (nSPS) is 23.1. The number of nitrogens with zero attached hydrogens (tertiary/aromatic N) is 4. The first kappa shape index (κ1) is 23.5. The lowest BCUT2D eigenvalue weighted by atomic mass is 9.92. The zero-order valence-corrected chi connectivity index (χ0v) is 18.9. The molecule has 0 radical (unpaired) electrons. The Morgan fingerprint density at radius 1 is 1.00 bits per heavy atom. The fraction of sp³-hybridized carbons (Fsp3) is 0.476. The number of anilines is 3. The van der Waals surface area contributed by atoms with Gasteiger partial charge in [-0.1, -0.05) is 18.2 Å². The Balaban J connectivity index is 0.00000136. The van der Waals surface area contributed by atoms with Crippen LogP contribution in [0.3, 0.4) is 0 Å². The molecule has 1 saturated carbocycles. The molecule has 2 aliphatic rings. The van der Waals surface area contributed by atoms with Crippen LogP contribution >= 0.6 is 24.8 Å². The number of hydrogen-bond donors (Lipinski definition) is 3. The number of rotatable bonds is 5. The Kier molecular flexibility index (Phi) is 7.94. The molecule has 1 atom stereocenters. The van der Waals surface area contributed by atoms with E-state index in [0.29, 0.717) is 30.5 Å². The van der Waals surface area contributed by atoms with Crippen LogP contribution in [0.2, 0.25) is 0 Å². The summed E-state index contributed by atoms with van der Waals surface area (Å²) in [6.45, 7) is 1.47. The van der Waals surface area contributed by atoms with Crippen LogP contribution in [0.5, 0.6) is 0 Å². The molecule has 2 aromatic heterocycles. The van der Waals surface area contributed by atoms with Gasteiger partial charge in [0, 0.05) is 24.4 Å². The van der Waals surface area contributed by atoms with Gasteiger partial charge in [0.15, 0.2) is 17.0 Å². The van der Waals surface area contributed by atoms with Crippen LogP contribution in [-0.2, 0) is 4.74 Å². The van der Waals surface area contributed by atoms with Gasteiger partial charge in [-0.05, 0) is 44.2 Å². The van der Waals surface area contributed by atoms with Gasteiger partial charge in [0.2, 0.25) is 5.95 Å². The monoisotopic (exact) mass is 465 g/mol. The van der Waals surface area contributed by atoms with Gasteiger partial charge < -0.3 is 25.7 Å². The number of hydrogen-bond acceptors (Lipinski definition) is 7. The summed E-state index contributed by atoms with van der Waals surface area (Å²) in [5, 5.41) is 6.95. The average molecular weight is 466 g/mol. The van der Waals surface area contributed by atoms with E-state index in [1.54, 1.807) is 0 Å². The average Bonchev–Trinajstić information content (AvgIpc) is 3.40. The molecular weight excluding hydrogens is 437 g/mol. The number of fused-ring (bicyclic) bond motifs is 1. The minimum atomic E-state index is 0. The van der Waals surface area contributed by atoms with Gasteiger partial charge in [-0.2, -0.15) is 9.97 Å². The van der Waals surface area contributed by atoms with E-state index in [-0.39, 0.29) is 30.9 Å². The first-order chi connectivity index (χ1) is 14.3. The van der Waals surface area contributed by atoms with Crippen molar-refractivity contribution >= 4 is 53.4 Å². The second-order valence-corrected chi connectivity index (χ2v) is 7.98. The van der Waals surface area contributed by atoms with E-state index in [2.05, 4.69) is 20.2 Å². The summed E-state index contributed by atoms with van der Waals surface area (Å²) >= 11 is 0. The van der Waals surface area contributed by atoms with Gasteiger partial charge in [-0.25, -0.2) is 4.98 Å². The predicted octanol–water partition coefficient (Wildman–Crippen LogP) is 4.06. The molecular formula is C21H29Cl2N7O. The first-order valence-corrected chi connectivity index (χ1v) is 10.4. The van der Waals surface area contributed by atoms with Crippen LogP contribution in [0.4, 0.5) is 17.5 Å². The molecule has 0 bridgehead atoms. The molecule has 0 spiro atoms. The predicted molar refractivity (Wildman–Crippen MR) is 128 cm³/mol. The van der Waals surface area contributed by atoms with E-state index in [1.807, 2.05) is 36.7 Å². The highest BCUT2D eigenvalue weighted by Crippen LogP contribution is 2.29. The number of ether oxygens (including phenoxy) is 1. The number of nitrogens with two attached hydrogens (primary N) is 1. The lowest BCUT2D eigenvalue weighted by Crippen LogP contribution is -2.33. The Labute approximate surface area is 194 Å². The summed E-state index contributed by atoms with van der Waals surface area (Å²) in [6, 6.07) is 11.0. The lowest BCUT2D eigenvalue weighted by molar-refractivity contribution is 0.187. The molecule has 168 valence electrons. The number of imidazole rings is 1. The van der Waals surface area contributed by atoms with Gasteiger partial charge in [-0.15, -0.1) is 24.8 Å². The summed E-state index contributed by atoms with van der Waals surface area (Å²) in [5.74, 6) is 1.35. The number of halogens is 2. The van der Waals surface area contributed by atoms with Crippen molar-refractivity contribution in [2.45, 2.75) is 50.2 Å². The van der Waals surface area contributed by atoms with Gasteiger partial charge in [0.1, 0.15) is 0 Å². The van der Waals surface area contributed by atoms with E-state index in [0.717, 1.165) is 55.6 Å². The third-order valence-electron chi connectivity index (χ3n) is 5.86. The SMILES string of the molecule is Cl.Cl.NC1CCC(Nc2nc(Nc3ccccc3)c3ncn(C4CCOC4)c3n2)CC1. The fourth-order valence-electron chi connectivity index (χ4n) is 4.18. The van der Waals surface area contributed by atoms with Crippen molar-refractivity contribution in [2.75, 3.05) is 23.8 Å². The van der Waals surface area contributed by atoms with Crippen molar-refractivity contribution in [2.24, 2.45) is 5.73 Å². The third-order valence-corrected chi connectivity index (χ3v) is 5.86. The van der Waals surface area contributed by atoms with Crippen LogP contribution in [-0.4, -0.2) is 44.8 Å². The molecule has 1 saturated heterocycles. The van der Waals surface area contributed by atoms with Gasteiger partial charge in [0.25, 0.3) is 0 Å². The summed E-state index contributed by atoms with van der Waals surface area (Å²) < 4.78 is 7.71. The molecule has 8 nitrogen and oxygen atoms in total. The van der Waals surface area contributed by atoms with Crippen LogP contribution in [0.25, 0.3) is 11.2 Å². The second kappa shape index (κ2) is 10.5. The molecule has 1 unspecified atom stereocenters. The maximum absolute atomic E-state index is 6.06. The van der Waals surface area contributed by atoms with Crippen molar-refractivity contribution in [3.05, 3.63) is 36.7 Å². The zero-order valence-electron chi connectivity index (χ0n) is 17.2. The van der Waals surface area contributed by atoms with E-state index < -0.39 is 0 Å². The van der Waals surface area contributed by atoms with E-state index in [9.17, 15) is 0 Å². The van der Waals surface area contributed by atoms with E-state index in [4.69, 9.17) is 20.4 Å². The highest BCUT2D eigenvalue weighted by atomic mass is 35.5. The highest BCUT2D eigenvalue weighted by molar-refractivity contribution is 5.86. The topological polar surface area (TPSA) is 103 Å². The lowest BCUT2D eigenvalue weighted by Gasteiger charge is -2.27. The molecule has 3 heterocycles. The molecule has 0 amide bonds. The van der Waals surface area contributed by atoms with Crippen LogP contribution in [0.15, 0.2) is 36.7 Å². The summed E-state index contributed by atoms with van der Waals surface area (Å²) in [4.78, 5) is 14.3. The third kappa shape index (κ3) is 5.20. The minimum absolute atomic E-state index is 0. The molecule has 31 heavy (non-hydrogen) atoms. The standard InChI is InChI=1S/C21H27N7O.2ClH/c22-14-6-8-16(9-7-14)25-21-26-19(24-15-4-2-1-3-5-15)18-20(27-21)28(13-23-18)17-10-11-29-12-17;;/h1-5,13-14,16-17H,6-12,22H2,(H2,24,25,26,27);2*1H. The van der Waals surface area contributed by atoms with Gasteiger partial charge >= 0.3 is 0 Å². The van der Waals surface area contributed by atoms with Crippen molar-refractivity contribution in [1.82, 2.24) is 19.5 Å². The zero-order chi connectivity index (χ0) is 19.6. The van der Waals surface area contributed by atoms with Crippen LogP contribution < -0.4 is 16.4 Å². The summed E-state index contributed by atoms with van der Waals surface area (Å²) in [6.07, 6.45) is 6.98. The minimum Gasteiger partial charge on any atom is -0.379 e. The smallest absolute Gasteiger partial charge is 0.227 e. The maximum atomic E-state index is 6.06. The first-order valence-electron chi connectivity index (χ1n) is 10.4. The molecule has 5 rings (SSSR count). The fourth-order valence-corrected chi connectivity index (χ4v) is 4.18. The molecule has 4 N–H and O–H groups in total. The van der Waals surface area contributed by atoms with Crippen molar-refractivity contribution in [1.29, 1.82) is 0 Å². The number of nitrogens with one attached hydrogen (secondary N) is 2. The van der Waals surface area contributed by atoms with Crippen molar-refractivity contribution in [3.63, 3.8) is 0 Å².